The van der Waals surface area contributed by atoms with Crippen LogP contribution in [0.15, 0.2) is 31.1 Å². The molecular formula is C11H14N2O. The molecule has 0 N–H and O–H groups in total. The second kappa shape index (κ2) is 4.24. The molecular weight excluding hydrogens is 176 g/mol. The van der Waals surface area contributed by atoms with Gasteiger partial charge in [-0.15, -0.1) is 0 Å². The number of nitrogens with zero attached hydrogens (tertiary/aromatic N) is 2. The van der Waals surface area contributed by atoms with Crippen molar-refractivity contribution in [3.05, 3.63) is 36.7 Å². The van der Waals surface area contributed by atoms with Gasteiger partial charge >= 0.3 is 0 Å². The maximum atomic E-state index is 5.29. The van der Waals surface area contributed by atoms with E-state index in [9.17, 15) is 0 Å². The summed E-state index contributed by atoms with van der Waals surface area (Å²) in [4.78, 5) is 6.32. The monoisotopic (exact) mass is 190 g/mol. The SMILES string of the molecule is C=C(c1cccnc1)N1CCOCC1. The Kier molecular flexibility index (Phi) is 2.79. The Labute approximate surface area is 84.0 Å². The van der Waals surface area contributed by atoms with Crippen LogP contribution < -0.4 is 0 Å². The van der Waals surface area contributed by atoms with Crippen molar-refractivity contribution in [2.75, 3.05) is 26.3 Å². The van der Waals surface area contributed by atoms with E-state index >= 15 is 0 Å². The van der Waals surface area contributed by atoms with Gasteiger partial charge in [-0.3, -0.25) is 4.98 Å². The molecule has 0 aromatic carbocycles. The van der Waals surface area contributed by atoms with Gasteiger partial charge < -0.3 is 9.64 Å². The molecule has 1 aliphatic rings. The number of hydrogen-bond acceptors (Lipinski definition) is 3. The predicted molar refractivity (Wildman–Crippen MR) is 55.7 cm³/mol. The standard InChI is InChI=1S/C11H14N2O/c1-10(11-3-2-4-12-9-11)13-5-7-14-8-6-13/h2-4,9H,1,5-8H2. The van der Waals surface area contributed by atoms with Gasteiger partial charge in [-0.25, -0.2) is 0 Å². The molecule has 0 aliphatic carbocycles. The Morgan fingerprint density at radius 2 is 2.21 bits per heavy atom. The molecule has 0 radical (unpaired) electrons. The van der Waals surface area contributed by atoms with Crippen LogP contribution in [0.4, 0.5) is 0 Å². The Morgan fingerprint density at radius 3 is 2.86 bits per heavy atom. The summed E-state index contributed by atoms with van der Waals surface area (Å²) in [5, 5.41) is 0. The normalized spacial score (nSPS) is 16.7. The third kappa shape index (κ3) is 1.93. The molecule has 3 nitrogen and oxygen atoms in total. The number of aromatic nitrogens is 1. The van der Waals surface area contributed by atoms with Crippen LogP contribution in [-0.2, 0) is 4.74 Å². The van der Waals surface area contributed by atoms with E-state index in [4.69, 9.17) is 4.74 Å². The number of hydrogen-bond donors (Lipinski definition) is 0. The summed E-state index contributed by atoms with van der Waals surface area (Å²) < 4.78 is 5.29. The van der Waals surface area contributed by atoms with Crippen molar-refractivity contribution in [1.29, 1.82) is 0 Å². The fourth-order valence-electron chi connectivity index (χ4n) is 1.55. The fourth-order valence-corrected chi connectivity index (χ4v) is 1.55. The maximum Gasteiger partial charge on any atom is 0.0642 e. The summed E-state index contributed by atoms with van der Waals surface area (Å²) in [5.74, 6) is 0. The van der Waals surface area contributed by atoms with Crippen LogP contribution in [0, 0.1) is 0 Å². The predicted octanol–water partition coefficient (Wildman–Crippen LogP) is 1.38. The molecule has 0 unspecified atom stereocenters. The van der Waals surface area contributed by atoms with E-state index in [0.717, 1.165) is 37.6 Å². The fraction of sp³-hybridized carbons (Fsp3) is 0.364. The van der Waals surface area contributed by atoms with Crippen molar-refractivity contribution < 1.29 is 4.74 Å². The van der Waals surface area contributed by atoms with Crippen molar-refractivity contribution in [2.45, 2.75) is 0 Å². The summed E-state index contributed by atoms with van der Waals surface area (Å²) in [6.45, 7) is 7.51. The third-order valence-electron chi connectivity index (χ3n) is 2.39. The highest BCUT2D eigenvalue weighted by atomic mass is 16.5. The molecule has 1 fully saturated rings. The number of ether oxygens (including phenoxy) is 1. The number of morpholine rings is 1. The van der Waals surface area contributed by atoms with Gasteiger partial charge in [0.25, 0.3) is 0 Å². The molecule has 1 aliphatic heterocycles. The molecule has 0 spiro atoms. The molecule has 0 atom stereocenters. The first-order chi connectivity index (χ1) is 6.88. The van der Waals surface area contributed by atoms with Crippen LogP contribution in [0.1, 0.15) is 5.56 Å². The first-order valence-corrected chi connectivity index (χ1v) is 4.80. The van der Waals surface area contributed by atoms with Crippen molar-refractivity contribution in [3.63, 3.8) is 0 Å². The zero-order valence-corrected chi connectivity index (χ0v) is 8.15. The first kappa shape index (κ1) is 9.21. The molecule has 3 heteroatoms. The molecule has 0 saturated carbocycles. The van der Waals surface area contributed by atoms with Crippen molar-refractivity contribution in [1.82, 2.24) is 9.88 Å². The third-order valence-corrected chi connectivity index (χ3v) is 2.39. The van der Waals surface area contributed by atoms with E-state index in [1.807, 2.05) is 18.3 Å². The minimum atomic E-state index is 0.791. The number of pyridine rings is 1. The van der Waals surface area contributed by atoms with Crippen LogP contribution in [-0.4, -0.2) is 36.2 Å². The minimum absolute atomic E-state index is 0.791. The zero-order valence-electron chi connectivity index (χ0n) is 8.15. The average molecular weight is 190 g/mol. The van der Waals surface area contributed by atoms with Gasteiger partial charge in [0.1, 0.15) is 0 Å². The largest absolute Gasteiger partial charge is 0.378 e. The van der Waals surface area contributed by atoms with E-state index in [-0.39, 0.29) is 0 Å². The van der Waals surface area contributed by atoms with E-state index in [1.54, 1.807) is 6.20 Å². The molecule has 74 valence electrons. The number of rotatable bonds is 2. The van der Waals surface area contributed by atoms with E-state index < -0.39 is 0 Å². The van der Waals surface area contributed by atoms with Gasteiger partial charge in [0.05, 0.1) is 13.2 Å². The van der Waals surface area contributed by atoms with Crippen LogP contribution in [0.25, 0.3) is 5.70 Å². The summed E-state index contributed by atoms with van der Waals surface area (Å²) in [6, 6.07) is 3.96. The van der Waals surface area contributed by atoms with E-state index in [2.05, 4.69) is 16.5 Å². The van der Waals surface area contributed by atoms with Crippen molar-refractivity contribution in [3.8, 4) is 0 Å². The highest BCUT2D eigenvalue weighted by Gasteiger charge is 2.12. The van der Waals surface area contributed by atoms with Crippen LogP contribution in [0.2, 0.25) is 0 Å². The summed E-state index contributed by atoms with van der Waals surface area (Å²) in [7, 11) is 0. The molecule has 0 amide bonds. The van der Waals surface area contributed by atoms with E-state index in [1.165, 1.54) is 0 Å². The van der Waals surface area contributed by atoms with Gasteiger partial charge in [-0.05, 0) is 12.1 Å². The lowest BCUT2D eigenvalue weighted by atomic mass is 10.2. The lowest BCUT2D eigenvalue weighted by Crippen LogP contribution is -2.34. The second-order valence-electron chi connectivity index (χ2n) is 3.29. The van der Waals surface area contributed by atoms with Gasteiger partial charge in [-0.1, -0.05) is 6.58 Å². The average Bonchev–Trinajstić information content (AvgIpc) is 2.30. The Morgan fingerprint density at radius 1 is 1.43 bits per heavy atom. The Hall–Kier alpha value is -1.35. The van der Waals surface area contributed by atoms with Gasteiger partial charge in [0.2, 0.25) is 0 Å². The van der Waals surface area contributed by atoms with Gasteiger partial charge in [-0.2, -0.15) is 0 Å². The minimum Gasteiger partial charge on any atom is -0.378 e. The summed E-state index contributed by atoms with van der Waals surface area (Å²) in [6.07, 6.45) is 3.62. The highest BCUT2D eigenvalue weighted by Crippen LogP contribution is 2.16. The van der Waals surface area contributed by atoms with Crippen LogP contribution in [0.3, 0.4) is 0 Å². The molecule has 0 bridgehead atoms. The molecule has 1 aromatic rings. The molecule has 2 heterocycles. The summed E-state index contributed by atoms with van der Waals surface area (Å²) >= 11 is 0. The van der Waals surface area contributed by atoms with Crippen LogP contribution >= 0.6 is 0 Å². The molecule has 14 heavy (non-hydrogen) atoms. The summed E-state index contributed by atoms with van der Waals surface area (Å²) in [5.41, 5.74) is 2.14. The molecule has 2 rings (SSSR count). The van der Waals surface area contributed by atoms with Crippen molar-refractivity contribution >= 4 is 5.70 Å². The molecule has 1 aromatic heterocycles. The van der Waals surface area contributed by atoms with Crippen LogP contribution in [0.5, 0.6) is 0 Å². The van der Waals surface area contributed by atoms with Crippen molar-refractivity contribution in [2.24, 2.45) is 0 Å². The lowest BCUT2D eigenvalue weighted by molar-refractivity contribution is 0.0641. The molecule has 1 saturated heterocycles. The first-order valence-electron chi connectivity index (χ1n) is 4.80. The topological polar surface area (TPSA) is 25.4 Å². The Balaban J connectivity index is 2.07. The quantitative estimate of drug-likeness (QED) is 0.704. The van der Waals surface area contributed by atoms with E-state index in [0.29, 0.717) is 0 Å². The zero-order chi connectivity index (χ0) is 9.80. The second-order valence-corrected chi connectivity index (χ2v) is 3.29. The van der Waals surface area contributed by atoms with Gasteiger partial charge in [0, 0.05) is 36.7 Å². The van der Waals surface area contributed by atoms with Gasteiger partial charge in [0.15, 0.2) is 0 Å². The maximum absolute atomic E-state index is 5.29. The Bertz CT molecular complexity index is 304. The lowest BCUT2D eigenvalue weighted by Gasteiger charge is -2.30. The smallest absolute Gasteiger partial charge is 0.0642 e. The highest BCUT2D eigenvalue weighted by molar-refractivity contribution is 5.60.